The normalized spacial score (nSPS) is 10.8. The van der Waals surface area contributed by atoms with E-state index in [0.717, 1.165) is 6.54 Å². The molecule has 2 aromatic carbocycles. The fourth-order valence-corrected chi connectivity index (χ4v) is 3.24. The number of hydrogen-bond donors (Lipinski definition) is 0. The molecule has 0 amide bonds. The molecule has 0 fully saturated rings. The van der Waals surface area contributed by atoms with Crippen molar-refractivity contribution in [3.63, 3.8) is 0 Å². The van der Waals surface area contributed by atoms with Crippen LogP contribution in [0.4, 0.5) is 0 Å². The van der Waals surface area contributed by atoms with Crippen LogP contribution < -0.4 is 0 Å². The molecule has 0 unspecified atom stereocenters. The van der Waals surface area contributed by atoms with E-state index in [1.165, 1.54) is 31.4 Å². The fraction of sp³-hybridized carbons (Fsp3) is 0.167. The van der Waals surface area contributed by atoms with Gasteiger partial charge < -0.3 is 0 Å². The summed E-state index contributed by atoms with van der Waals surface area (Å²) in [7, 11) is 0. The molecule has 0 aliphatic heterocycles. The van der Waals surface area contributed by atoms with Crippen LogP contribution in [0.1, 0.15) is 16.7 Å². The smallest absolute Gasteiger partial charge is 0.0664 e. The Morgan fingerprint density at radius 3 is 2.43 bits per heavy atom. The predicted octanol–water partition coefficient (Wildman–Crippen LogP) is 4.82. The van der Waals surface area contributed by atoms with Crippen LogP contribution in [0.15, 0.2) is 54.9 Å². The Labute approximate surface area is 139 Å². The van der Waals surface area contributed by atoms with E-state index in [1.54, 1.807) is 0 Å². The second-order valence-electron chi connectivity index (χ2n) is 5.28. The quantitative estimate of drug-likeness (QED) is 0.589. The van der Waals surface area contributed by atoms with Gasteiger partial charge in [0.25, 0.3) is 0 Å². The van der Waals surface area contributed by atoms with E-state index in [4.69, 9.17) is 0 Å². The lowest BCUT2D eigenvalue weighted by Crippen LogP contribution is -2.03. The molecule has 3 heteroatoms. The number of aryl methyl sites for hydroxylation is 2. The van der Waals surface area contributed by atoms with Gasteiger partial charge in [0.1, 0.15) is 0 Å². The molecule has 0 saturated carbocycles. The molecule has 0 atom stereocenters. The van der Waals surface area contributed by atoms with Gasteiger partial charge in [-0.15, -0.1) is 0 Å². The standard InChI is InChI=1S/C18H17IN2/c1-13-6-5-7-14(2)17(13)12-21-11-15(10-20-21)16-8-3-4-9-18(16)19/h3-11H,12H2,1-2H3. The molecule has 0 aliphatic rings. The minimum Gasteiger partial charge on any atom is -0.268 e. The molecule has 3 aromatic rings. The van der Waals surface area contributed by atoms with E-state index in [-0.39, 0.29) is 0 Å². The van der Waals surface area contributed by atoms with Crippen LogP contribution in [-0.2, 0) is 6.54 Å². The van der Waals surface area contributed by atoms with E-state index in [1.807, 2.05) is 10.9 Å². The van der Waals surface area contributed by atoms with Crippen molar-refractivity contribution in [3.8, 4) is 11.1 Å². The molecule has 1 aromatic heterocycles. The van der Waals surface area contributed by atoms with E-state index in [9.17, 15) is 0 Å². The number of hydrogen-bond acceptors (Lipinski definition) is 1. The average Bonchev–Trinajstić information content (AvgIpc) is 2.92. The predicted molar refractivity (Wildman–Crippen MR) is 95.4 cm³/mol. The Morgan fingerprint density at radius 2 is 1.71 bits per heavy atom. The Balaban J connectivity index is 1.91. The first kappa shape index (κ1) is 14.3. The zero-order valence-electron chi connectivity index (χ0n) is 12.2. The van der Waals surface area contributed by atoms with Gasteiger partial charge in [-0.1, -0.05) is 36.4 Å². The van der Waals surface area contributed by atoms with Gasteiger partial charge in [-0.3, -0.25) is 4.68 Å². The van der Waals surface area contributed by atoms with Crippen molar-refractivity contribution >= 4 is 22.6 Å². The summed E-state index contributed by atoms with van der Waals surface area (Å²) in [4.78, 5) is 0. The van der Waals surface area contributed by atoms with Crippen LogP contribution in [0.25, 0.3) is 11.1 Å². The van der Waals surface area contributed by atoms with Crippen LogP contribution in [-0.4, -0.2) is 9.78 Å². The average molecular weight is 388 g/mol. The molecular formula is C18H17IN2. The molecule has 1 heterocycles. The van der Waals surface area contributed by atoms with Crippen LogP contribution in [0, 0.1) is 17.4 Å². The summed E-state index contributed by atoms with van der Waals surface area (Å²) in [6.07, 6.45) is 4.08. The van der Waals surface area contributed by atoms with E-state index >= 15 is 0 Å². The molecule has 2 nitrogen and oxygen atoms in total. The monoisotopic (exact) mass is 388 g/mol. The molecule has 21 heavy (non-hydrogen) atoms. The molecule has 0 spiro atoms. The highest BCUT2D eigenvalue weighted by Crippen LogP contribution is 2.25. The highest BCUT2D eigenvalue weighted by atomic mass is 127. The zero-order chi connectivity index (χ0) is 14.8. The SMILES string of the molecule is Cc1cccc(C)c1Cn1cc(-c2ccccc2I)cn1. The second-order valence-corrected chi connectivity index (χ2v) is 6.44. The number of rotatable bonds is 3. The van der Waals surface area contributed by atoms with Gasteiger partial charge in [0.2, 0.25) is 0 Å². The lowest BCUT2D eigenvalue weighted by molar-refractivity contribution is 0.681. The summed E-state index contributed by atoms with van der Waals surface area (Å²) in [5, 5.41) is 4.52. The number of benzene rings is 2. The van der Waals surface area contributed by atoms with Crippen LogP contribution in [0.5, 0.6) is 0 Å². The van der Waals surface area contributed by atoms with Gasteiger partial charge >= 0.3 is 0 Å². The minimum atomic E-state index is 0.821. The molecule has 0 saturated heterocycles. The van der Waals surface area contributed by atoms with Crippen molar-refractivity contribution in [2.24, 2.45) is 0 Å². The van der Waals surface area contributed by atoms with Crippen LogP contribution in [0.3, 0.4) is 0 Å². The lowest BCUT2D eigenvalue weighted by atomic mass is 10.0. The third-order valence-electron chi connectivity index (χ3n) is 3.78. The highest BCUT2D eigenvalue weighted by molar-refractivity contribution is 14.1. The number of nitrogens with zero attached hydrogens (tertiary/aromatic N) is 2. The molecule has 3 rings (SSSR count). The summed E-state index contributed by atoms with van der Waals surface area (Å²) in [6.45, 7) is 5.14. The zero-order valence-corrected chi connectivity index (χ0v) is 14.3. The maximum absolute atomic E-state index is 4.52. The molecule has 0 radical (unpaired) electrons. The summed E-state index contributed by atoms with van der Waals surface area (Å²) < 4.78 is 3.27. The first-order chi connectivity index (χ1) is 10.1. The minimum absolute atomic E-state index is 0.821. The molecule has 106 valence electrons. The fourth-order valence-electron chi connectivity index (χ4n) is 2.54. The Kier molecular flexibility index (Phi) is 4.10. The van der Waals surface area contributed by atoms with E-state index in [0.29, 0.717) is 0 Å². The topological polar surface area (TPSA) is 17.8 Å². The number of aromatic nitrogens is 2. The maximum Gasteiger partial charge on any atom is 0.0664 e. The highest BCUT2D eigenvalue weighted by Gasteiger charge is 2.07. The van der Waals surface area contributed by atoms with Gasteiger partial charge in [-0.25, -0.2) is 0 Å². The van der Waals surface area contributed by atoms with Crippen molar-refractivity contribution in [2.45, 2.75) is 20.4 Å². The van der Waals surface area contributed by atoms with Gasteiger partial charge in [-0.05, 0) is 64.8 Å². The second kappa shape index (κ2) is 6.02. The third kappa shape index (κ3) is 3.02. The van der Waals surface area contributed by atoms with Gasteiger partial charge in [0.15, 0.2) is 0 Å². The summed E-state index contributed by atoms with van der Waals surface area (Å²) in [6, 6.07) is 14.8. The first-order valence-electron chi connectivity index (χ1n) is 6.97. The van der Waals surface area contributed by atoms with Crippen LogP contribution >= 0.6 is 22.6 Å². The van der Waals surface area contributed by atoms with Crippen molar-refractivity contribution in [3.05, 3.63) is 75.1 Å². The molecule has 0 N–H and O–H groups in total. The van der Waals surface area contributed by atoms with Gasteiger partial charge in [0.05, 0.1) is 12.7 Å². The first-order valence-corrected chi connectivity index (χ1v) is 8.05. The van der Waals surface area contributed by atoms with E-state index in [2.05, 4.69) is 90.2 Å². The lowest BCUT2D eigenvalue weighted by Gasteiger charge is -2.09. The molecule has 0 aliphatic carbocycles. The van der Waals surface area contributed by atoms with Gasteiger partial charge in [0, 0.05) is 15.3 Å². The Morgan fingerprint density at radius 1 is 1.00 bits per heavy atom. The van der Waals surface area contributed by atoms with Crippen molar-refractivity contribution in [1.29, 1.82) is 0 Å². The number of halogens is 1. The van der Waals surface area contributed by atoms with Crippen molar-refractivity contribution < 1.29 is 0 Å². The van der Waals surface area contributed by atoms with E-state index < -0.39 is 0 Å². The largest absolute Gasteiger partial charge is 0.268 e. The Hall–Kier alpha value is -1.62. The third-order valence-corrected chi connectivity index (χ3v) is 4.72. The summed E-state index contributed by atoms with van der Waals surface area (Å²) >= 11 is 2.37. The van der Waals surface area contributed by atoms with Gasteiger partial charge in [-0.2, -0.15) is 5.10 Å². The van der Waals surface area contributed by atoms with Crippen molar-refractivity contribution in [2.75, 3.05) is 0 Å². The molecule has 0 bridgehead atoms. The van der Waals surface area contributed by atoms with Crippen molar-refractivity contribution in [1.82, 2.24) is 9.78 Å². The molecular weight excluding hydrogens is 371 g/mol. The Bertz CT molecular complexity index is 754. The van der Waals surface area contributed by atoms with Crippen LogP contribution in [0.2, 0.25) is 0 Å². The summed E-state index contributed by atoms with van der Waals surface area (Å²) in [5.41, 5.74) is 6.41. The maximum atomic E-state index is 4.52. The summed E-state index contributed by atoms with van der Waals surface area (Å²) in [5.74, 6) is 0.